The van der Waals surface area contributed by atoms with E-state index in [0.29, 0.717) is 19.6 Å². The summed E-state index contributed by atoms with van der Waals surface area (Å²) in [7, 11) is 0. The Balaban J connectivity index is 1.40. The molecule has 0 fully saturated rings. The lowest BCUT2D eigenvalue weighted by molar-refractivity contribution is -0.120. The molecule has 2 N–H and O–H groups in total. The van der Waals surface area contributed by atoms with Crippen molar-refractivity contribution < 1.29 is 14.3 Å². The molecule has 1 aliphatic rings. The van der Waals surface area contributed by atoms with Gasteiger partial charge in [0, 0.05) is 13.1 Å². The summed E-state index contributed by atoms with van der Waals surface area (Å²) in [5.41, 5.74) is 3.38. The number of hydrogen-bond donors (Lipinski definition) is 2. The summed E-state index contributed by atoms with van der Waals surface area (Å²) in [6, 6.07) is 13.9. The van der Waals surface area contributed by atoms with Crippen molar-refractivity contribution in [2.45, 2.75) is 20.0 Å². The largest absolute Gasteiger partial charge is 0.454 e. The molecule has 0 saturated heterocycles. The summed E-state index contributed by atoms with van der Waals surface area (Å²) in [4.78, 5) is 11.9. The average Bonchev–Trinajstić information content (AvgIpc) is 3.02. The highest BCUT2D eigenvalue weighted by atomic mass is 16.7. The van der Waals surface area contributed by atoms with Gasteiger partial charge in [-0.25, -0.2) is 0 Å². The summed E-state index contributed by atoms with van der Waals surface area (Å²) in [5, 5.41) is 6.03. The van der Waals surface area contributed by atoms with Crippen LogP contribution >= 0.6 is 0 Å². The first kappa shape index (κ1) is 15.4. The number of ether oxygens (including phenoxy) is 2. The molecule has 5 heteroatoms. The fraction of sp³-hybridized carbons (Fsp3) is 0.278. The van der Waals surface area contributed by atoms with E-state index in [-0.39, 0.29) is 12.7 Å². The first-order chi connectivity index (χ1) is 11.2. The molecule has 2 aromatic rings. The zero-order valence-corrected chi connectivity index (χ0v) is 13.1. The Kier molecular flexibility index (Phi) is 4.78. The van der Waals surface area contributed by atoms with Gasteiger partial charge in [0.05, 0.1) is 6.54 Å². The van der Waals surface area contributed by atoms with E-state index in [1.54, 1.807) is 0 Å². The van der Waals surface area contributed by atoms with Gasteiger partial charge in [-0.1, -0.05) is 35.9 Å². The molecule has 0 bridgehead atoms. The number of hydrogen-bond acceptors (Lipinski definition) is 4. The highest BCUT2D eigenvalue weighted by molar-refractivity contribution is 5.78. The van der Waals surface area contributed by atoms with Crippen LogP contribution in [0.1, 0.15) is 16.7 Å². The smallest absolute Gasteiger partial charge is 0.234 e. The predicted octanol–water partition coefficient (Wildman–Crippen LogP) is 2.13. The second-order valence-electron chi connectivity index (χ2n) is 5.55. The number of nitrogens with one attached hydrogen (secondary N) is 2. The molecular weight excluding hydrogens is 292 g/mol. The molecule has 1 amide bonds. The highest BCUT2D eigenvalue weighted by Gasteiger charge is 2.13. The van der Waals surface area contributed by atoms with Crippen LogP contribution in [0.3, 0.4) is 0 Å². The predicted molar refractivity (Wildman–Crippen MR) is 87.3 cm³/mol. The van der Waals surface area contributed by atoms with Gasteiger partial charge in [-0.2, -0.15) is 0 Å². The third-order valence-electron chi connectivity index (χ3n) is 3.66. The molecule has 2 aromatic carbocycles. The monoisotopic (exact) mass is 312 g/mol. The lowest BCUT2D eigenvalue weighted by Crippen LogP contribution is -2.33. The van der Waals surface area contributed by atoms with Crippen LogP contribution in [0.5, 0.6) is 11.5 Å². The average molecular weight is 312 g/mol. The van der Waals surface area contributed by atoms with E-state index >= 15 is 0 Å². The highest BCUT2D eigenvalue weighted by Crippen LogP contribution is 2.32. The Morgan fingerprint density at radius 2 is 1.74 bits per heavy atom. The number of rotatable bonds is 6. The number of carbonyl (C=O) groups is 1. The quantitative estimate of drug-likeness (QED) is 0.858. The van der Waals surface area contributed by atoms with Crippen molar-refractivity contribution in [3.05, 3.63) is 59.2 Å². The van der Waals surface area contributed by atoms with Crippen molar-refractivity contribution in [1.82, 2.24) is 10.6 Å². The summed E-state index contributed by atoms with van der Waals surface area (Å²) in [6.45, 7) is 3.76. The van der Waals surface area contributed by atoms with Crippen LogP contribution in [0.2, 0.25) is 0 Å². The Labute approximate surface area is 135 Å². The van der Waals surface area contributed by atoms with Crippen molar-refractivity contribution in [1.29, 1.82) is 0 Å². The van der Waals surface area contributed by atoms with Gasteiger partial charge in [-0.05, 0) is 30.2 Å². The van der Waals surface area contributed by atoms with Crippen LogP contribution in [0.4, 0.5) is 0 Å². The summed E-state index contributed by atoms with van der Waals surface area (Å²) in [5.74, 6) is 1.45. The van der Waals surface area contributed by atoms with Gasteiger partial charge < -0.3 is 20.1 Å². The van der Waals surface area contributed by atoms with Gasteiger partial charge in [-0.3, -0.25) is 4.79 Å². The number of carbonyl (C=O) groups excluding carboxylic acids is 1. The fourth-order valence-corrected chi connectivity index (χ4v) is 2.34. The summed E-state index contributed by atoms with van der Waals surface area (Å²) in [6.07, 6.45) is 0. The molecule has 0 spiro atoms. The molecule has 23 heavy (non-hydrogen) atoms. The van der Waals surface area contributed by atoms with E-state index in [4.69, 9.17) is 9.47 Å². The van der Waals surface area contributed by atoms with Crippen LogP contribution in [0.15, 0.2) is 42.5 Å². The SMILES string of the molecule is Cc1ccc(CNCC(=O)NCc2ccc3c(c2)OCO3)cc1. The molecule has 0 atom stereocenters. The number of amides is 1. The van der Waals surface area contributed by atoms with E-state index < -0.39 is 0 Å². The van der Waals surface area contributed by atoms with Gasteiger partial charge in [0.2, 0.25) is 12.7 Å². The normalized spacial score (nSPS) is 12.2. The van der Waals surface area contributed by atoms with Crippen LogP contribution in [0.25, 0.3) is 0 Å². The second kappa shape index (κ2) is 7.15. The topological polar surface area (TPSA) is 59.6 Å². The molecule has 0 unspecified atom stereocenters. The standard InChI is InChI=1S/C18H20N2O3/c1-13-2-4-14(5-3-13)9-19-11-18(21)20-10-15-6-7-16-17(8-15)23-12-22-16/h2-8,19H,9-12H2,1H3,(H,20,21). The zero-order chi connectivity index (χ0) is 16.1. The van der Waals surface area contributed by atoms with Crippen LogP contribution in [-0.4, -0.2) is 19.2 Å². The molecule has 0 aromatic heterocycles. The fourth-order valence-electron chi connectivity index (χ4n) is 2.34. The molecule has 1 heterocycles. The van der Waals surface area contributed by atoms with E-state index in [9.17, 15) is 4.79 Å². The zero-order valence-electron chi connectivity index (χ0n) is 13.1. The lowest BCUT2D eigenvalue weighted by Gasteiger charge is -2.08. The van der Waals surface area contributed by atoms with Gasteiger partial charge in [-0.15, -0.1) is 0 Å². The first-order valence-corrected chi connectivity index (χ1v) is 7.62. The van der Waals surface area contributed by atoms with Crippen LogP contribution in [0, 0.1) is 6.92 Å². The molecule has 0 aliphatic carbocycles. The maximum atomic E-state index is 11.9. The summed E-state index contributed by atoms with van der Waals surface area (Å²) >= 11 is 0. The summed E-state index contributed by atoms with van der Waals surface area (Å²) < 4.78 is 10.6. The lowest BCUT2D eigenvalue weighted by atomic mass is 10.1. The van der Waals surface area contributed by atoms with Crippen molar-refractivity contribution in [2.75, 3.05) is 13.3 Å². The minimum absolute atomic E-state index is 0.0326. The minimum Gasteiger partial charge on any atom is -0.454 e. The maximum absolute atomic E-state index is 11.9. The number of benzene rings is 2. The van der Waals surface area contributed by atoms with Crippen molar-refractivity contribution in [3.8, 4) is 11.5 Å². The van der Waals surface area contributed by atoms with Gasteiger partial charge >= 0.3 is 0 Å². The molecule has 120 valence electrons. The second-order valence-corrected chi connectivity index (χ2v) is 5.55. The van der Waals surface area contributed by atoms with Crippen LogP contribution in [-0.2, 0) is 17.9 Å². The van der Waals surface area contributed by atoms with Crippen molar-refractivity contribution in [3.63, 3.8) is 0 Å². The molecule has 0 radical (unpaired) electrons. The van der Waals surface area contributed by atoms with Crippen molar-refractivity contribution >= 4 is 5.91 Å². The third kappa shape index (κ3) is 4.23. The number of fused-ring (bicyclic) bond motifs is 1. The van der Waals surface area contributed by atoms with E-state index in [1.807, 2.05) is 18.2 Å². The minimum atomic E-state index is -0.0326. The van der Waals surface area contributed by atoms with E-state index in [2.05, 4.69) is 41.8 Å². The molecular formula is C18H20N2O3. The Morgan fingerprint density at radius 1 is 1.00 bits per heavy atom. The Morgan fingerprint density at radius 3 is 2.57 bits per heavy atom. The van der Waals surface area contributed by atoms with Gasteiger partial charge in [0.25, 0.3) is 0 Å². The Bertz CT molecular complexity index is 683. The van der Waals surface area contributed by atoms with Crippen LogP contribution < -0.4 is 20.1 Å². The van der Waals surface area contributed by atoms with Gasteiger partial charge in [0.1, 0.15) is 0 Å². The molecule has 1 aliphatic heterocycles. The number of aryl methyl sites for hydroxylation is 1. The molecule has 3 rings (SSSR count). The first-order valence-electron chi connectivity index (χ1n) is 7.62. The maximum Gasteiger partial charge on any atom is 0.234 e. The van der Waals surface area contributed by atoms with Gasteiger partial charge in [0.15, 0.2) is 11.5 Å². The van der Waals surface area contributed by atoms with E-state index in [1.165, 1.54) is 11.1 Å². The Hall–Kier alpha value is -2.53. The molecule has 0 saturated carbocycles. The molecule has 5 nitrogen and oxygen atoms in total. The third-order valence-corrected chi connectivity index (χ3v) is 3.66. The van der Waals surface area contributed by atoms with Crippen molar-refractivity contribution in [2.24, 2.45) is 0 Å². The van der Waals surface area contributed by atoms with E-state index in [0.717, 1.165) is 17.1 Å².